The van der Waals surface area contributed by atoms with Gasteiger partial charge in [-0.3, -0.25) is 9.59 Å². The first-order valence-electron chi connectivity index (χ1n) is 6.33. The average Bonchev–Trinajstić information content (AvgIpc) is 2.32. The molecule has 0 aliphatic rings. The summed E-state index contributed by atoms with van der Waals surface area (Å²) in [5, 5.41) is 2.69. The van der Waals surface area contributed by atoms with E-state index < -0.39 is 5.82 Å². The third kappa shape index (κ3) is 4.81. The van der Waals surface area contributed by atoms with Gasteiger partial charge in [-0.2, -0.15) is 0 Å². The molecule has 1 rings (SSSR count). The molecule has 0 unspecified atom stereocenters. The Labute approximate surface area is 122 Å². The Bertz CT molecular complexity index is 506. The SMILES string of the molecule is CC(=O)N(CCC(=O)NC(C)C)c1ccc(F)c(Cl)c1. The van der Waals surface area contributed by atoms with Crippen LogP contribution in [0.1, 0.15) is 27.2 Å². The zero-order valence-electron chi connectivity index (χ0n) is 11.7. The molecule has 0 saturated carbocycles. The normalized spacial score (nSPS) is 10.5. The summed E-state index contributed by atoms with van der Waals surface area (Å²) in [4.78, 5) is 24.6. The molecule has 4 nitrogen and oxygen atoms in total. The molecule has 0 fully saturated rings. The van der Waals surface area contributed by atoms with Crippen molar-refractivity contribution >= 4 is 29.1 Å². The molecule has 20 heavy (non-hydrogen) atoms. The van der Waals surface area contributed by atoms with Gasteiger partial charge in [0.05, 0.1) is 5.02 Å². The Kier molecular flexibility index (Phi) is 5.95. The van der Waals surface area contributed by atoms with Gasteiger partial charge in [-0.1, -0.05) is 11.6 Å². The van der Waals surface area contributed by atoms with Crippen molar-refractivity contribution in [3.05, 3.63) is 29.0 Å². The lowest BCUT2D eigenvalue weighted by Gasteiger charge is -2.21. The molecule has 1 N–H and O–H groups in total. The van der Waals surface area contributed by atoms with Crippen LogP contribution in [0.2, 0.25) is 5.02 Å². The summed E-state index contributed by atoms with van der Waals surface area (Å²) in [6.45, 7) is 5.33. The number of nitrogens with one attached hydrogen (secondary N) is 1. The van der Waals surface area contributed by atoms with Gasteiger partial charge in [0.15, 0.2) is 0 Å². The topological polar surface area (TPSA) is 49.4 Å². The minimum Gasteiger partial charge on any atom is -0.354 e. The van der Waals surface area contributed by atoms with Gasteiger partial charge in [-0.25, -0.2) is 4.39 Å². The maximum Gasteiger partial charge on any atom is 0.223 e. The summed E-state index contributed by atoms with van der Waals surface area (Å²) in [5.41, 5.74) is 0.473. The van der Waals surface area contributed by atoms with Crippen molar-refractivity contribution in [2.45, 2.75) is 33.2 Å². The number of amides is 2. The van der Waals surface area contributed by atoms with Crippen molar-refractivity contribution < 1.29 is 14.0 Å². The van der Waals surface area contributed by atoms with Crippen LogP contribution in [0.4, 0.5) is 10.1 Å². The highest BCUT2D eigenvalue weighted by Gasteiger charge is 2.15. The molecule has 0 radical (unpaired) electrons. The molecule has 0 bridgehead atoms. The fourth-order valence-electron chi connectivity index (χ4n) is 1.73. The zero-order chi connectivity index (χ0) is 15.3. The maximum atomic E-state index is 13.1. The number of benzene rings is 1. The summed E-state index contributed by atoms with van der Waals surface area (Å²) >= 11 is 5.70. The zero-order valence-corrected chi connectivity index (χ0v) is 12.5. The number of hydrogen-bond donors (Lipinski definition) is 1. The number of anilines is 1. The summed E-state index contributed by atoms with van der Waals surface area (Å²) in [6.07, 6.45) is 0.173. The largest absolute Gasteiger partial charge is 0.354 e. The molecular weight excluding hydrogens is 283 g/mol. The third-order valence-electron chi connectivity index (χ3n) is 2.61. The molecule has 0 atom stereocenters. The molecule has 0 aromatic heterocycles. The van der Waals surface area contributed by atoms with Gasteiger partial charge in [0.2, 0.25) is 11.8 Å². The highest BCUT2D eigenvalue weighted by atomic mass is 35.5. The van der Waals surface area contributed by atoms with Crippen LogP contribution in [0, 0.1) is 5.82 Å². The predicted molar refractivity (Wildman–Crippen MR) is 77.3 cm³/mol. The first kappa shape index (κ1) is 16.4. The van der Waals surface area contributed by atoms with Crippen LogP contribution in [0.15, 0.2) is 18.2 Å². The molecule has 0 saturated heterocycles. The van der Waals surface area contributed by atoms with E-state index in [0.717, 1.165) is 0 Å². The van der Waals surface area contributed by atoms with Gasteiger partial charge >= 0.3 is 0 Å². The fourth-order valence-corrected chi connectivity index (χ4v) is 1.90. The first-order valence-corrected chi connectivity index (χ1v) is 6.71. The predicted octanol–water partition coefficient (Wildman–Crippen LogP) is 2.75. The van der Waals surface area contributed by atoms with E-state index >= 15 is 0 Å². The molecule has 0 heterocycles. The van der Waals surface area contributed by atoms with Crippen LogP contribution in [0.5, 0.6) is 0 Å². The first-order chi connectivity index (χ1) is 9.31. The van der Waals surface area contributed by atoms with E-state index in [2.05, 4.69) is 5.32 Å². The highest BCUT2D eigenvalue weighted by molar-refractivity contribution is 6.31. The van der Waals surface area contributed by atoms with Gasteiger partial charge < -0.3 is 10.2 Å². The summed E-state index contributed by atoms with van der Waals surface area (Å²) in [6, 6.07) is 4.08. The average molecular weight is 301 g/mol. The van der Waals surface area contributed by atoms with E-state index in [-0.39, 0.29) is 35.8 Å². The van der Waals surface area contributed by atoms with Crippen LogP contribution in [-0.4, -0.2) is 24.4 Å². The van der Waals surface area contributed by atoms with E-state index in [1.165, 1.54) is 30.0 Å². The number of rotatable bonds is 5. The van der Waals surface area contributed by atoms with E-state index in [0.29, 0.717) is 5.69 Å². The van der Waals surface area contributed by atoms with Gasteiger partial charge in [0, 0.05) is 31.6 Å². The van der Waals surface area contributed by atoms with E-state index in [1.54, 1.807) is 0 Å². The quantitative estimate of drug-likeness (QED) is 0.909. The second-order valence-corrected chi connectivity index (χ2v) is 5.15. The van der Waals surface area contributed by atoms with E-state index in [9.17, 15) is 14.0 Å². The van der Waals surface area contributed by atoms with Crippen LogP contribution in [0.3, 0.4) is 0 Å². The number of halogens is 2. The lowest BCUT2D eigenvalue weighted by molar-refractivity contribution is -0.121. The summed E-state index contributed by atoms with van der Waals surface area (Å²) < 4.78 is 13.1. The van der Waals surface area contributed by atoms with Crippen molar-refractivity contribution in [2.24, 2.45) is 0 Å². The Morgan fingerprint density at radius 1 is 1.40 bits per heavy atom. The van der Waals surface area contributed by atoms with Crippen LogP contribution in [0.25, 0.3) is 0 Å². The van der Waals surface area contributed by atoms with Crippen LogP contribution in [-0.2, 0) is 9.59 Å². The van der Waals surface area contributed by atoms with Crippen molar-refractivity contribution in [3.8, 4) is 0 Å². The van der Waals surface area contributed by atoms with Crippen molar-refractivity contribution in [1.29, 1.82) is 0 Å². The molecule has 6 heteroatoms. The Morgan fingerprint density at radius 3 is 2.55 bits per heavy atom. The van der Waals surface area contributed by atoms with Crippen molar-refractivity contribution in [2.75, 3.05) is 11.4 Å². The number of nitrogens with zero attached hydrogens (tertiary/aromatic N) is 1. The number of hydrogen-bond acceptors (Lipinski definition) is 2. The van der Waals surface area contributed by atoms with E-state index in [4.69, 9.17) is 11.6 Å². The maximum absolute atomic E-state index is 13.1. The molecular formula is C14H18ClFN2O2. The third-order valence-corrected chi connectivity index (χ3v) is 2.90. The monoisotopic (exact) mass is 300 g/mol. The molecule has 1 aromatic rings. The molecule has 0 aliphatic carbocycles. The second kappa shape index (κ2) is 7.24. The van der Waals surface area contributed by atoms with Gasteiger partial charge in [0.1, 0.15) is 5.82 Å². The fraction of sp³-hybridized carbons (Fsp3) is 0.429. The number of carbonyl (C=O) groups is 2. The lowest BCUT2D eigenvalue weighted by atomic mass is 10.2. The van der Waals surface area contributed by atoms with Crippen molar-refractivity contribution in [1.82, 2.24) is 5.32 Å². The molecule has 0 spiro atoms. The molecule has 2 amide bonds. The summed E-state index contributed by atoms with van der Waals surface area (Å²) in [5.74, 6) is -0.916. The summed E-state index contributed by atoms with van der Waals surface area (Å²) in [7, 11) is 0. The van der Waals surface area contributed by atoms with Gasteiger partial charge in [-0.15, -0.1) is 0 Å². The minimum absolute atomic E-state index is 0.0496. The second-order valence-electron chi connectivity index (χ2n) is 4.74. The molecule has 1 aromatic carbocycles. The highest BCUT2D eigenvalue weighted by Crippen LogP contribution is 2.23. The standard InChI is InChI=1S/C14H18ClFN2O2/c1-9(2)17-14(20)6-7-18(10(3)19)11-4-5-13(16)12(15)8-11/h4-5,8-9H,6-7H2,1-3H3,(H,17,20). The van der Waals surface area contributed by atoms with Crippen LogP contribution < -0.4 is 10.2 Å². The number of carbonyl (C=O) groups excluding carboxylic acids is 2. The lowest BCUT2D eigenvalue weighted by Crippen LogP contribution is -2.36. The minimum atomic E-state index is -0.545. The Hall–Kier alpha value is -1.62. The van der Waals surface area contributed by atoms with Gasteiger partial charge in [0.25, 0.3) is 0 Å². The van der Waals surface area contributed by atoms with Crippen LogP contribution >= 0.6 is 11.6 Å². The Balaban J connectivity index is 2.77. The molecule has 110 valence electrons. The molecule has 0 aliphatic heterocycles. The smallest absolute Gasteiger partial charge is 0.223 e. The Morgan fingerprint density at radius 2 is 2.05 bits per heavy atom. The van der Waals surface area contributed by atoms with Crippen molar-refractivity contribution in [3.63, 3.8) is 0 Å². The van der Waals surface area contributed by atoms with Gasteiger partial charge in [-0.05, 0) is 32.0 Å². The van der Waals surface area contributed by atoms with E-state index in [1.807, 2.05) is 13.8 Å².